The Kier molecular flexibility index (Phi) is 8.12. The fourth-order valence-corrected chi connectivity index (χ4v) is 3.72. The molecule has 8 heteroatoms. The van der Waals surface area contributed by atoms with Gasteiger partial charge >= 0.3 is 0 Å². The molecule has 2 N–H and O–H groups in total. The number of aliphatic imine (C=N–C) groups is 1. The second-order valence-electron chi connectivity index (χ2n) is 5.89. The number of guanidine groups is 1. The molecule has 0 heterocycles. The molecule has 5 nitrogen and oxygen atoms in total. The summed E-state index contributed by atoms with van der Waals surface area (Å²) in [5, 5.41) is 6.46. The van der Waals surface area contributed by atoms with Crippen LogP contribution in [0.25, 0.3) is 0 Å². The van der Waals surface area contributed by atoms with Crippen molar-refractivity contribution in [1.29, 1.82) is 0 Å². The lowest BCUT2D eigenvalue weighted by Gasteiger charge is -2.12. The van der Waals surface area contributed by atoms with Gasteiger partial charge in [-0.05, 0) is 48.4 Å². The highest BCUT2D eigenvalue weighted by Gasteiger charge is 2.06. The number of benzene rings is 2. The van der Waals surface area contributed by atoms with Gasteiger partial charge in [0.05, 0.1) is 4.90 Å². The fraction of sp³-hybridized carbons (Fsp3) is 0.316. The fourth-order valence-electron chi connectivity index (χ4n) is 2.32. The minimum Gasteiger partial charge on any atom is -0.356 e. The highest BCUT2D eigenvalue weighted by Crippen LogP contribution is 2.17. The first-order valence-corrected chi connectivity index (χ1v) is 11.4. The van der Waals surface area contributed by atoms with Gasteiger partial charge in [0.2, 0.25) is 0 Å². The van der Waals surface area contributed by atoms with Crippen LogP contribution in [0, 0.1) is 5.82 Å². The van der Waals surface area contributed by atoms with Crippen molar-refractivity contribution in [2.24, 2.45) is 4.99 Å². The zero-order chi connectivity index (χ0) is 19.7. The molecule has 2 aromatic rings. The maximum Gasteiger partial charge on any atom is 0.191 e. The average molecular weight is 410 g/mol. The molecule has 0 saturated heterocycles. The number of sulfone groups is 1. The molecule has 27 heavy (non-hydrogen) atoms. The van der Waals surface area contributed by atoms with Gasteiger partial charge in [0.15, 0.2) is 15.8 Å². The van der Waals surface area contributed by atoms with Crippen molar-refractivity contribution in [3.63, 3.8) is 0 Å². The van der Waals surface area contributed by atoms with E-state index in [1.807, 2.05) is 12.1 Å². The molecule has 0 aliphatic heterocycles. The van der Waals surface area contributed by atoms with E-state index < -0.39 is 9.84 Å². The summed E-state index contributed by atoms with van der Waals surface area (Å²) in [6.07, 6.45) is 1.96. The Morgan fingerprint density at radius 3 is 2.26 bits per heavy atom. The van der Waals surface area contributed by atoms with Crippen molar-refractivity contribution >= 4 is 27.6 Å². The highest BCUT2D eigenvalue weighted by molar-refractivity contribution is 7.99. The summed E-state index contributed by atoms with van der Waals surface area (Å²) >= 11 is 1.64. The van der Waals surface area contributed by atoms with E-state index in [0.717, 1.165) is 29.2 Å². The minimum absolute atomic E-state index is 0.229. The third-order valence-corrected chi connectivity index (χ3v) is 5.90. The normalized spacial score (nSPS) is 12.0. The monoisotopic (exact) mass is 409 g/mol. The third kappa shape index (κ3) is 7.60. The Morgan fingerprint density at radius 1 is 1.04 bits per heavy atom. The third-order valence-electron chi connectivity index (χ3n) is 3.76. The lowest BCUT2D eigenvalue weighted by molar-refractivity contribution is 0.602. The summed E-state index contributed by atoms with van der Waals surface area (Å²) in [6.45, 7) is 1.41. The van der Waals surface area contributed by atoms with Gasteiger partial charge in [0.25, 0.3) is 0 Å². The first kappa shape index (κ1) is 21.2. The van der Waals surface area contributed by atoms with E-state index in [4.69, 9.17) is 0 Å². The zero-order valence-electron chi connectivity index (χ0n) is 15.4. The van der Waals surface area contributed by atoms with Gasteiger partial charge in [-0.25, -0.2) is 12.8 Å². The first-order valence-electron chi connectivity index (χ1n) is 8.50. The van der Waals surface area contributed by atoms with Gasteiger partial charge in [0.1, 0.15) is 5.82 Å². The van der Waals surface area contributed by atoms with E-state index in [1.54, 1.807) is 43.1 Å². The molecule has 2 rings (SSSR count). The number of halogens is 1. The van der Waals surface area contributed by atoms with E-state index in [1.165, 1.54) is 18.4 Å². The average Bonchev–Trinajstić information content (AvgIpc) is 2.65. The molecule has 146 valence electrons. The molecule has 0 atom stereocenters. The first-order chi connectivity index (χ1) is 12.9. The summed E-state index contributed by atoms with van der Waals surface area (Å²) in [5.41, 5.74) is 1.05. The van der Waals surface area contributed by atoms with Crippen molar-refractivity contribution < 1.29 is 12.8 Å². The van der Waals surface area contributed by atoms with Crippen molar-refractivity contribution in [2.75, 3.05) is 32.1 Å². The maximum absolute atomic E-state index is 12.9. The van der Waals surface area contributed by atoms with E-state index in [0.29, 0.717) is 17.4 Å². The van der Waals surface area contributed by atoms with E-state index in [2.05, 4.69) is 15.6 Å². The molecule has 0 bridgehead atoms. The van der Waals surface area contributed by atoms with Crippen LogP contribution in [0.2, 0.25) is 0 Å². The van der Waals surface area contributed by atoms with Crippen molar-refractivity contribution in [2.45, 2.75) is 16.2 Å². The molecule has 0 unspecified atom stereocenters. The van der Waals surface area contributed by atoms with Gasteiger partial charge in [-0.15, -0.1) is 11.8 Å². The summed E-state index contributed by atoms with van der Waals surface area (Å²) in [5.74, 6) is 1.31. The number of hydrogen-bond donors (Lipinski definition) is 2. The van der Waals surface area contributed by atoms with E-state index in [-0.39, 0.29) is 5.82 Å². The topological polar surface area (TPSA) is 70.6 Å². The molecule has 0 aliphatic carbocycles. The van der Waals surface area contributed by atoms with Gasteiger partial charge < -0.3 is 10.6 Å². The lowest BCUT2D eigenvalue weighted by Crippen LogP contribution is -2.39. The van der Waals surface area contributed by atoms with Crippen LogP contribution in [-0.2, 0) is 16.3 Å². The molecule has 0 spiro atoms. The molecular formula is C19H24FN3O2S2. The van der Waals surface area contributed by atoms with Gasteiger partial charge in [-0.2, -0.15) is 0 Å². The van der Waals surface area contributed by atoms with Gasteiger partial charge in [-0.3, -0.25) is 4.99 Å². The van der Waals surface area contributed by atoms with Crippen LogP contribution in [0.1, 0.15) is 5.56 Å². The predicted octanol–water partition coefficient (Wildman–Crippen LogP) is 2.73. The van der Waals surface area contributed by atoms with Crippen LogP contribution >= 0.6 is 11.8 Å². The molecule has 2 aromatic carbocycles. The molecule has 0 fully saturated rings. The largest absolute Gasteiger partial charge is 0.356 e. The molecule has 0 aliphatic rings. The molecular weight excluding hydrogens is 385 g/mol. The summed E-state index contributed by atoms with van der Waals surface area (Å²) in [7, 11) is -1.45. The predicted molar refractivity (Wildman–Crippen MR) is 110 cm³/mol. The number of nitrogens with zero attached hydrogens (tertiary/aromatic N) is 1. The SMILES string of the molecule is CN=C(NCCSc1ccc(F)cc1)NCCc1ccc(S(C)(=O)=O)cc1. The zero-order valence-corrected chi connectivity index (χ0v) is 17.0. The Labute approximate surface area is 164 Å². The second kappa shape index (κ2) is 10.3. The summed E-state index contributed by atoms with van der Waals surface area (Å²) in [6, 6.07) is 13.4. The van der Waals surface area contributed by atoms with Crippen LogP contribution in [0.5, 0.6) is 0 Å². The Bertz CT molecular complexity index is 852. The van der Waals surface area contributed by atoms with Crippen molar-refractivity contribution in [1.82, 2.24) is 10.6 Å². The number of thioether (sulfide) groups is 1. The minimum atomic E-state index is -3.16. The van der Waals surface area contributed by atoms with Crippen LogP contribution in [0.15, 0.2) is 63.3 Å². The Hall–Kier alpha value is -2.06. The smallest absolute Gasteiger partial charge is 0.191 e. The maximum atomic E-state index is 12.9. The number of rotatable bonds is 8. The highest BCUT2D eigenvalue weighted by atomic mass is 32.2. The molecule has 0 radical (unpaired) electrons. The van der Waals surface area contributed by atoms with Crippen LogP contribution < -0.4 is 10.6 Å². The van der Waals surface area contributed by atoms with Crippen LogP contribution in [0.4, 0.5) is 4.39 Å². The molecule has 0 amide bonds. The quantitative estimate of drug-likeness (QED) is 0.304. The van der Waals surface area contributed by atoms with Crippen LogP contribution in [0.3, 0.4) is 0 Å². The second-order valence-corrected chi connectivity index (χ2v) is 9.08. The van der Waals surface area contributed by atoms with Gasteiger partial charge in [0, 0.05) is 37.0 Å². The lowest BCUT2D eigenvalue weighted by atomic mass is 10.1. The van der Waals surface area contributed by atoms with Crippen molar-refractivity contribution in [3.8, 4) is 0 Å². The van der Waals surface area contributed by atoms with E-state index in [9.17, 15) is 12.8 Å². The Balaban J connectivity index is 1.68. The van der Waals surface area contributed by atoms with Crippen molar-refractivity contribution in [3.05, 3.63) is 59.9 Å². The van der Waals surface area contributed by atoms with E-state index >= 15 is 0 Å². The van der Waals surface area contributed by atoms with Gasteiger partial charge in [-0.1, -0.05) is 12.1 Å². The number of hydrogen-bond acceptors (Lipinski definition) is 4. The Morgan fingerprint density at radius 2 is 1.67 bits per heavy atom. The summed E-state index contributed by atoms with van der Waals surface area (Å²) in [4.78, 5) is 5.53. The molecule has 0 aromatic heterocycles. The summed E-state index contributed by atoms with van der Waals surface area (Å²) < 4.78 is 35.8. The van der Waals surface area contributed by atoms with Crippen LogP contribution in [-0.4, -0.2) is 46.5 Å². The standard InChI is InChI=1S/C19H24FN3O2S2/c1-21-19(23-13-14-26-17-7-5-16(20)6-8-17)22-12-11-15-3-9-18(10-4-15)27(2,24)25/h3-10H,11-14H2,1-2H3,(H2,21,22,23). The number of nitrogens with one attached hydrogen (secondary N) is 2. The molecule has 0 saturated carbocycles.